The highest BCUT2D eigenvalue weighted by molar-refractivity contribution is 5.78. The normalized spacial score (nSPS) is 17.6. The molecule has 0 N–H and O–H groups in total. The predicted molar refractivity (Wildman–Crippen MR) is 169 cm³/mol. The van der Waals surface area contributed by atoms with Crippen LogP contribution in [0.2, 0.25) is 0 Å². The average molecular weight is 602 g/mol. The number of rotatable bonds is 11. The number of pyridine rings is 1. The first-order chi connectivity index (χ1) is 21.4. The fourth-order valence-corrected chi connectivity index (χ4v) is 6.34. The minimum atomic E-state index is -0.363. The van der Waals surface area contributed by atoms with Gasteiger partial charge >= 0.3 is 5.69 Å². The maximum Gasteiger partial charge on any atom is 0.332 e. The molecule has 1 aliphatic carbocycles. The van der Waals surface area contributed by atoms with Gasteiger partial charge in [0.15, 0.2) is 17.5 Å². The van der Waals surface area contributed by atoms with E-state index >= 15 is 0 Å². The summed E-state index contributed by atoms with van der Waals surface area (Å²) >= 11 is 0. The van der Waals surface area contributed by atoms with Crippen LogP contribution in [0, 0.1) is 6.92 Å². The van der Waals surface area contributed by atoms with Crippen molar-refractivity contribution in [3.05, 3.63) is 74.6 Å². The molecule has 1 unspecified atom stereocenters. The van der Waals surface area contributed by atoms with Crippen LogP contribution in [0.5, 0.6) is 5.88 Å². The summed E-state index contributed by atoms with van der Waals surface area (Å²) in [6, 6.07) is 13.6. The molecule has 2 aliphatic rings. The third kappa shape index (κ3) is 6.37. The fraction of sp³-hybridized carbons (Fsp3) is 0.529. The van der Waals surface area contributed by atoms with Crippen molar-refractivity contribution in [2.24, 2.45) is 0 Å². The number of ether oxygens (including phenoxy) is 3. The summed E-state index contributed by atoms with van der Waals surface area (Å²) in [6.07, 6.45) is 7.98. The zero-order valence-corrected chi connectivity index (χ0v) is 26.0. The lowest BCUT2D eigenvalue weighted by atomic mass is 10.1. The van der Waals surface area contributed by atoms with E-state index in [-0.39, 0.29) is 36.2 Å². The molecular weight excluding hydrogens is 558 g/mol. The monoisotopic (exact) mass is 601 g/mol. The van der Waals surface area contributed by atoms with Gasteiger partial charge in [0.2, 0.25) is 5.88 Å². The van der Waals surface area contributed by atoms with Crippen LogP contribution in [0.4, 0.5) is 0 Å². The smallest absolute Gasteiger partial charge is 0.332 e. The maximum absolute atomic E-state index is 14.2. The van der Waals surface area contributed by atoms with Crippen LogP contribution in [0.1, 0.15) is 82.5 Å². The number of hydrogen-bond acceptors (Lipinski definition) is 7. The lowest BCUT2D eigenvalue weighted by molar-refractivity contribution is -0.163. The van der Waals surface area contributed by atoms with Crippen molar-refractivity contribution in [3.8, 4) is 17.3 Å². The van der Waals surface area contributed by atoms with Gasteiger partial charge in [-0.05, 0) is 83.8 Å². The number of aromatic nitrogens is 5. The Labute approximate surface area is 257 Å². The topological polar surface area (TPSA) is 102 Å². The van der Waals surface area contributed by atoms with Crippen molar-refractivity contribution >= 4 is 11.2 Å². The highest BCUT2D eigenvalue weighted by Crippen LogP contribution is 2.30. The zero-order valence-electron chi connectivity index (χ0n) is 26.0. The van der Waals surface area contributed by atoms with Crippen LogP contribution in [0.3, 0.4) is 0 Å². The van der Waals surface area contributed by atoms with Crippen molar-refractivity contribution in [1.82, 2.24) is 23.7 Å². The minimum absolute atomic E-state index is 0.204. The molecule has 0 radical (unpaired) electrons. The van der Waals surface area contributed by atoms with Crippen LogP contribution in [-0.4, -0.2) is 49.3 Å². The third-order valence-corrected chi connectivity index (χ3v) is 8.62. The Morgan fingerprint density at radius 3 is 2.43 bits per heavy atom. The summed E-state index contributed by atoms with van der Waals surface area (Å²) in [5.74, 6) is 1.20. The van der Waals surface area contributed by atoms with Crippen LogP contribution in [0.25, 0.3) is 22.6 Å². The molecule has 1 saturated carbocycles. The second kappa shape index (κ2) is 13.5. The van der Waals surface area contributed by atoms with E-state index in [0.717, 1.165) is 48.9 Å². The second-order valence-corrected chi connectivity index (χ2v) is 12.2. The summed E-state index contributed by atoms with van der Waals surface area (Å²) in [6.45, 7) is 7.59. The molecule has 1 aliphatic heterocycles. The van der Waals surface area contributed by atoms with Crippen LogP contribution < -0.4 is 16.0 Å². The lowest BCUT2D eigenvalue weighted by Crippen LogP contribution is -2.41. The summed E-state index contributed by atoms with van der Waals surface area (Å²) in [4.78, 5) is 37.8. The molecule has 10 heteroatoms. The molecule has 4 aromatic rings. The Morgan fingerprint density at radius 1 is 0.955 bits per heavy atom. The van der Waals surface area contributed by atoms with Crippen LogP contribution >= 0.6 is 0 Å². The lowest BCUT2D eigenvalue weighted by Gasteiger charge is -2.22. The number of nitrogens with zero attached hydrogens (tertiary/aromatic N) is 5. The fourth-order valence-electron chi connectivity index (χ4n) is 6.34. The predicted octanol–water partition coefficient (Wildman–Crippen LogP) is 5.61. The summed E-state index contributed by atoms with van der Waals surface area (Å²) in [5, 5.41) is 0. The van der Waals surface area contributed by atoms with Gasteiger partial charge in [0.05, 0.1) is 12.3 Å². The summed E-state index contributed by atoms with van der Waals surface area (Å²) in [7, 11) is 0. The maximum atomic E-state index is 14.2. The number of hydrogen-bond donors (Lipinski definition) is 0. The first kappa shape index (κ1) is 30.3. The van der Waals surface area contributed by atoms with Crippen molar-refractivity contribution in [3.63, 3.8) is 0 Å². The quantitative estimate of drug-likeness (QED) is 0.206. The second-order valence-electron chi connectivity index (χ2n) is 12.2. The Hall–Kier alpha value is -3.76. The molecule has 0 amide bonds. The number of imidazole rings is 1. The van der Waals surface area contributed by atoms with E-state index in [2.05, 4.69) is 0 Å². The van der Waals surface area contributed by atoms with Gasteiger partial charge in [-0.3, -0.25) is 13.9 Å². The highest BCUT2D eigenvalue weighted by atomic mass is 16.7. The molecular formula is C34H43N5O5. The van der Waals surface area contributed by atoms with E-state index < -0.39 is 0 Å². The van der Waals surface area contributed by atoms with Gasteiger partial charge in [-0.1, -0.05) is 30.3 Å². The van der Waals surface area contributed by atoms with E-state index in [0.29, 0.717) is 49.0 Å². The minimum Gasteiger partial charge on any atom is -0.474 e. The van der Waals surface area contributed by atoms with Gasteiger partial charge in [0.1, 0.15) is 11.9 Å². The SMILES string of the molecule is Cc1nc(OC2CCCC2)ccc1-c1nc2c(c(=O)n(CCCOC3CCCCO3)c(=O)n2C(C)C)n1Cc1ccccc1. The van der Waals surface area contributed by atoms with Crippen molar-refractivity contribution < 1.29 is 14.2 Å². The molecule has 0 spiro atoms. The van der Waals surface area contributed by atoms with Crippen molar-refractivity contribution in [2.75, 3.05) is 13.2 Å². The average Bonchev–Trinajstić information content (AvgIpc) is 3.66. The molecule has 6 rings (SSSR count). The Morgan fingerprint density at radius 2 is 1.73 bits per heavy atom. The van der Waals surface area contributed by atoms with Crippen LogP contribution in [0.15, 0.2) is 52.1 Å². The van der Waals surface area contributed by atoms with E-state index in [9.17, 15) is 9.59 Å². The van der Waals surface area contributed by atoms with E-state index in [4.69, 9.17) is 24.2 Å². The van der Waals surface area contributed by atoms with E-state index in [1.54, 1.807) is 4.57 Å². The molecule has 1 atom stereocenters. The third-order valence-electron chi connectivity index (χ3n) is 8.62. The number of aryl methyl sites for hydroxylation is 1. The zero-order chi connectivity index (χ0) is 30.6. The van der Waals surface area contributed by atoms with E-state index in [1.165, 1.54) is 17.4 Å². The molecule has 44 heavy (non-hydrogen) atoms. The molecule has 10 nitrogen and oxygen atoms in total. The van der Waals surface area contributed by atoms with Gasteiger partial charge in [-0.2, -0.15) is 0 Å². The van der Waals surface area contributed by atoms with Gasteiger partial charge < -0.3 is 18.8 Å². The molecule has 234 valence electrons. The van der Waals surface area contributed by atoms with Crippen molar-refractivity contribution in [1.29, 1.82) is 0 Å². The summed E-state index contributed by atoms with van der Waals surface area (Å²) < 4.78 is 22.6. The first-order valence-corrected chi connectivity index (χ1v) is 16.1. The largest absolute Gasteiger partial charge is 0.474 e. The number of benzene rings is 1. The Bertz CT molecular complexity index is 1700. The van der Waals surface area contributed by atoms with Gasteiger partial charge in [0.25, 0.3) is 5.56 Å². The molecule has 0 bridgehead atoms. The molecule has 1 aromatic carbocycles. The van der Waals surface area contributed by atoms with Crippen LogP contribution in [-0.2, 0) is 22.6 Å². The highest BCUT2D eigenvalue weighted by Gasteiger charge is 2.25. The molecule has 4 heterocycles. The van der Waals surface area contributed by atoms with Crippen molar-refractivity contribution in [2.45, 2.75) is 104 Å². The van der Waals surface area contributed by atoms with Gasteiger partial charge in [-0.15, -0.1) is 0 Å². The number of fused-ring (bicyclic) bond motifs is 1. The standard InChI is InChI=1S/C34H43N5O5/c1-23(2)39-32-30(33(40)37(34(39)41)19-11-21-43-29-16-9-10-20-42-29)38(22-25-12-5-4-6-13-25)31(36-32)27-17-18-28(35-24(27)3)44-26-14-7-8-15-26/h4-6,12-13,17-18,23,26,29H,7-11,14-16,19-22H2,1-3H3. The molecule has 1 saturated heterocycles. The van der Waals surface area contributed by atoms with Gasteiger partial charge in [-0.25, -0.2) is 14.8 Å². The van der Waals surface area contributed by atoms with E-state index in [1.807, 2.05) is 67.8 Å². The van der Waals surface area contributed by atoms with Gasteiger partial charge in [0, 0.05) is 37.4 Å². The Balaban J connectivity index is 1.42. The Kier molecular flexibility index (Phi) is 9.28. The molecule has 3 aromatic heterocycles. The molecule has 2 fully saturated rings. The first-order valence-electron chi connectivity index (χ1n) is 16.1. The summed E-state index contributed by atoms with van der Waals surface area (Å²) in [5.41, 5.74) is 2.65.